The molecule has 0 spiro atoms. The van der Waals surface area contributed by atoms with E-state index in [0.717, 1.165) is 12.1 Å². The van der Waals surface area contributed by atoms with Crippen LogP contribution in [0.4, 0.5) is 8.78 Å². The lowest BCUT2D eigenvalue weighted by atomic mass is 10.1. The minimum absolute atomic E-state index is 0.0104. The molecule has 5 nitrogen and oxygen atoms in total. The number of nitrogens with zero attached hydrogens (tertiary/aromatic N) is 2. The van der Waals surface area contributed by atoms with Gasteiger partial charge < -0.3 is 14.9 Å². The van der Waals surface area contributed by atoms with Crippen LogP contribution in [0.2, 0.25) is 0 Å². The summed E-state index contributed by atoms with van der Waals surface area (Å²) >= 11 is 0. The van der Waals surface area contributed by atoms with Crippen molar-refractivity contribution in [3.63, 3.8) is 0 Å². The lowest BCUT2D eigenvalue weighted by Gasteiger charge is -2.25. The Bertz CT molecular complexity index is 809. The molecule has 2 rings (SSSR count). The summed E-state index contributed by atoms with van der Waals surface area (Å²) < 4.78 is 26.6. The van der Waals surface area contributed by atoms with Gasteiger partial charge in [0, 0.05) is 25.2 Å². The van der Waals surface area contributed by atoms with E-state index < -0.39 is 17.6 Å². The van der Waals surface area contributed by atoms with E-state index in [1.54, 1.807) is 0 Å². The number of aromatic carboxylic acids is 1. The van der Waals surface area contributed by atoms with E-state index in [-0.39, 0.29) is 23.6 Å². The van der Waals surface area contributed by atoms with Crippen molar-refractivity contribution >= 4 is 11.9 Å². The normalized spacial score (nSPS) is 10.8. The van der Waals surface area contributed by atoms with E-state index >= 15 is 0 Å². The van der Waals surface area contributed by atoms with Gasteiger partial charge in [0.1, 0.15) is 0 Å². The van der Waals surface area contributed by atoms with Crippen LogP contribution in [0.15, 0.2) is 42.5 Å². The molecule has 0 unspecified atom stereocenters. The van der Waals surface area contributed by atoms with E-state index in [4.69, 9.17) is 5.11 Å². The van der Waals surface area contributed by atoms with E-state index in [2.05, 4.69) is 0 Å². The van der Waals surface area contributed by atoms with Gasteiger partial charge in [0.15, 0.2) is 11.6 Å². The summed E-state index contributed by atoms with van der Waals surface area (Å²) in [4.78, 5) is 27.3. The van der Waals surface area contributed by atoms with Crippen molar-refractivity contribution in [1.82, 2.24) is 9.80 Å². The number of halogens is 2. The SMILES string of the molecule is CN(C)CCN(Cc1ccc(F)c(F)c1)C(=O)c1cccc(C(=O)O)c1. The molecule has 0 aliphatic carbocycles. The summed E-state index contributed by atoms with van der Waals surface area (Å²) in [7, 11) is 3.70. The zero-order chi connectivity index (χ0) is 19.3. The quantitative estimate of drug-likeness (QED) is 0.823. The summed E-state index contributed by atoms with van der Waals surface area (Å²) in [5.41, 5.74) is 0.688. The third-order valence-corrected chi connectivity index (χ3v) is 3.82. The molecule has 0 atom stereocenters. The highest BCUT2D eigenvalue weighted by molar-refractivity contribution is 5.97. The molecule has 138 valence electrons. The minimum atomic E-state index is -1.12. The zero-order valence-corrected chi connectivity index (χ0v) is 14.6. The van der Waals surface area contributed by atoms with E-state index in [9.17, 15) is 18.4 Å². The molecule has 0 bridgehead atoms. The zero-order valence-electron chi connectivity index (χ0n) is 14.6. The van der Waals surface area contributed by atoms with Crippen LogP contribution in [-0.4, -0.2) is 54.0 Å². The molecule has 26 heavy (non-hydrogen) atoms. The Kier molecular flexibility index (Phi) is 6.41. The van der Waals surface area contributed by atoms with Crippen molar-refractivity contribution in [3.8, 4) is 0 Å². The average molecular weight is 362 g/mol. The third-order valence-electron chi connectivity index (χ3n) is 3.82. The summed E-state index contributed by atoms with van der Waals surface area (Å²) in [5.74, 6) is -3.43. The van der Waals surface area contributed by atoms with Gasteiger partial charge in [0.25, 0.3) is 5.91 Å². The van der Waals surface area contributed by atoms with Gasteiger partial charge in [-0.2, -0.15) is 0 Å². The number of hydrogen-bond donors (Lipinski definition) is 1. The van der Waals surface area contributed by atoms with Crippen molar-refractivity contribution in [3.05, 3.63) is 70.8 Å². The summed E-state index contributed by atoms with van der Waals surface area (Å²) in [6.45, 7) is 0.997. The first-order valence-electron chi connectivity index (χ1n) is 7.99. The molecule has 7 heteroatoms. The van der Waals surface area contributed by atoms with Crippen molar-refractivity contribution in [2.45, 2.75) is 6.54 Å². The third kappa shape index (κ3) is 5.10. The van der Waals surface area contributed by atoms with Crippen LogP contribution < -0.4 is 0 Å². The molecular weight excluding hydrogens is 342 g/mol. The molecule has 1 amide bonds. The molecule has 0 aromatic heterocycles. The molecule has 0 aliphatic rings. The van der Waals surface area contributed by atoms with Gasteiger partial charge in [-0.25, -0.2) is 13.6 Å². The van der Waals surface area contributed by atoms with Crippen molar-refractivity contribution in [1.29, 1.82) is 0 Å². The lowest BCUT2D eigenvalue weighted by molar-refractivity contribution is 0.0697. The van der Waals surface area contributed by atoms with Gasteiger partial charge in [-0.3, -0.25) is 4.79 Å². The fourth-order valence-electron chi connectivity index (χ4n) is 2.40. The fourth-order valence-corrected chi connectivity index (χ4v) is 2.40. The molecule has 0 radical (unpaired) electrons. The molecule has 2 aromatic carbocycles. The predicted octanol–water partition coefficient (Wildman–Crippen LogP) is 2.87. The Morgan fingerprint density at radius 2 is 1.65 bits per heavy atom. The number of likely N-dealkylation sites (N-methyl/N-ethyl adjacent to an activating group) is 1. The molecule has 0 fully saturated rings. The largest absolute Gasteiger partial charge is 0.478 e. The highest BCUT2D eigenvalue weighted by Gasteiger charge is 2.18. The van der Waals surface area contributed by atoms with Crippen molar-refractivity contribution < 1.29 is 23.5 Å². The van der Waals surface area contributed by atoms with E-state index in [1.165, 1.54) is 35.2 Å². The topological polar surface area (TPSA) is 60.9 Å². The second-order valence-electron chi connectivity index (χ2n) is 6.16. The first-order valence-corrected chi connectivity index (χ1v) is 7.99. The Balaban J connectivity index is 2.27. The van der Waals surface area contributed by atoms with Gasteiger partial charge >= 0.3 is 5.97 Å². The maximum absolute atomic E-state index is 13.5. The van der Waals surface area contributed by atoms with Gasteiger partial charge in [-0.1, -0.05) is 12.1 Å². The number of amides is 1. The number of carboxylic acids is 1. The molecular formula is C19H20F2N2O3. The second-order valence-corrected chi connectivity index (χ2v) is 6.16. The maximum Gasteiger partial charge on any atom is 0.335 e. The Morgan fingerprint density at radius 3 is 2.27 bits per heavy atom. The number of carboxylic acid groups (broad SMARTS) is 1. The molecule has 0 aliphatic heterocycles. The van der Waals surface area contributed by atoms with Crippen molar-refractivity contribution in [2.75, 3.05) is 27.2 Å². The second kappa shape index (κ2) is 8.53. The van der Waals surface area contributed by atoms with Gasteiger partial charge in [0.05, 0.1) is 5.56 Å². The number of rotatable bonds is 7. The van der Waals surface area contributed by atoms with Crippen LogP contribution in [0.3, 0.4) is 0 Å². The standard InChI is InChI=1S/C19H20F2N2O3/c1-22(2)8-9-23(12-13-6-7-16(20)17(21)10-13)18(24)14-4-3-5-15(11-14)19(25)26/h3-7,10-11H,8-9,12H2,1-2H3,(H,25,26). The van der Waals surface area contributed by atoms with Crippen molar-refractivity contribution in [2.24, 2.45) is 0 Å². The minimum Gasteiger partial charge on any atom is -0.478 e. The van der Waals surface area contributed by atoms with Gasteiger partial charge in [-0.05, 0) is 50.0 Å². The smallest absolute Gasteiger partial charge is 0.335 e. The number of benzene rings is 2. The van der Waals surface area contributed by atoms with Gasteiger partial charge in [-0.15, -0.1) is 0 Å². The van der Waals surface area contributed by atoms with Crippen LogP contribution in [0.25, 0.3) is 0 Å². The number of carbonyl (C=O) groups is 2. The first kappa shape index (κ1) is 19.5. The highest BCUT2D eigenvalue weighted by Crippen LogP contribution is 2.14. The van der Waals surface area contributed by atoms with E-state index in [0.29, 0.717) is 18.7 Å². The summed E-state index contributed by atoms with van der Waals surface area (Å²) in [5, 5.41) is 9.09. The Labute approximate surface area is 150 Å². The number of hydrogen-bond acceptors (Lipinski definition) is 3. The fraction of sp³-hybridized carbons (Fsp3) is 0.263. The Hall–Kier alpha value is -2.80. The van der Waals surface area contributed by atoms with Gasteiger partial charge in [0.2, 0.25) is 0 Å². The maximum atomic E-state index is 13.5. The summed E-state index contributed by atoms with van der Waals surface area (Å²) in [6, 6.07) is 9.23. The molecule has 1 N–H and O–H groups in total. The predicted molar refractivity (Wildman–Crippen MR) is 93.1 cm³/mol. The highest BCUT2D eigenvalue weighted by atomic mass is 19.2. The average Bonchev–Trinajstić information content (AvgIpc) is 2.61. The molecule has 2 aromatic rings. The van der Waals surface area contributed by atoms with Crippen LogP contribution in [0.1, 0.15) is 26.3 Å². The lowest BCUT2D eigenvalue weighted by Crippen LogP contribution is -2.36. The molecule has 0 saturated carbocycles. The monoisotopic (exact) mass is 362 g/mol. The van der Waals surface area contributed by atoms with Crippen LogP contribution >= 0.6 is 0 Å². The number of carbonyl (C=O) groups excluding carboxylic acids is 1. The van der Waals surface area contributed by atoms with Crippen LogP contribution in [-0.2, 0) is 6.54 Å². The first-order chi connectivity index (χ1) is 12.3. The van der Waals surface area contributed by atoms with Crippen LogP contribution in [0.5, 0.6) is 0 Å². The summed E-state index contributed by atoms with van der Waals surface area (Å²) in [6.07, 6.45) is 0. The van der Waals surface area contributed by atoms with Crippen LogP contribution in [0, 0.1) is 11.6 Å². The molecule has 0 saturated heterocycles. The molecule has 0 heterocycles. The Morgan fingerprint density at radius 1 is 0.962 bits per heavy atom. The van der Waals surface area contributed by atoms with E-state index in [1.807, 2.05) is 19.0 Å².